The molecular formula is C14H27NO3. The molecule has 0 aromatic heterocycles. The van der Waals surface area contributed by atoms with Crippen molar-refractivity contribution < 1.29 is 14.6 Å². The summed E-state index contributed by atoms with van der Waals surface area (Å²) >= 11 is 0. The highest BCUT2D eigenvalue weighted by Gasteiger charge is 2.41. The van der Waals surface area contributed by atoms with Gasteiger partial charge in [0.2, 0.25) is 0 Å². The lowest BCUT2D eigenvalue weighted by atomic mass is 9.73. The van der Waals surface area contributed by atoms with E-state index >= 15 is 0 Å². The van der Waals surface area contributed by atoms with Crippen molar-refractivity contribution in [3.8, 4) is 0 Å². The number of aliphatic carboxylic acids is 1. The van der Waals surface area contributed by atoms with Gasteiger partial charge in [0.1, 0.15) is 0 Å². The zero-order valence-electron chi connectivity index (χ0n) is 11.9. The minimum absolute atomic E-state index is 0.360. The highest BCUT2D eigenvalue weighted by Crippen LogP contribution is 2.37. The van der Waals surface area contributed by atoms with Crippen LogP contribution < -0.4 is 0 Å². The third kappa shape index (κ3) is 3.95. The van der Waals surface area contributed by atoms with E-state index in [1.165, 1.54) is 6.42 Å². The number of ether oxygens (including phenoxy) is 1. The van der Waals surface area contributed by atoms with E-state index in [2.05, 4.69) is 18.7 Å². The molecule has 106 valence electrons. The van der Waals surface area contributed by atoms with Crippen LogP contribution in [0.5, 0.6) is 0 Å². The molecule has 0 aliphatic heterocycles. The largest absolute Gasteiger partial charge is 0.481 e. The molecule has 1 N–H and O–H groups in total. The van der Waals surface area contributed by atoms with Gasteiger partial charge in [-0.15, -0.1) is 0 Å². The highest BCUT2D eigenvalue weighted by atomic mass is 16.5. The lowest BCUT2D eigenvalue weighted by Gasteiger charge is -2.39. The van der Waals surface area contributed by atoms with Crippen molar-refractivity contribution in [2.75, 3.05) is 26.8 Å². The van der Waals surface area contributed by atoms with Gasteiger partial charge in [-0.25, -0.2) is 0 Å². The van der Waals surface area contributed by atoms with E-state index in [1.54, 1.807) is 7.11 Å². The fraction of sp³-hybridized carbons (Fsp3) is 0.929. The zero-order chi connectivity index (χ0) is 13.6. The maximum atomic E-state index is 11.7. The summed E-state index contributed by atoms with van der Waals surface area (Å²) in [6.45, 7) is 6.36. The molecule has 0 aromatic rings. The smallest absolute Gasteiger partial charge is 0.310 e. The second-order valence-electron chi connectivity index (χ2n) is 5.70. The molecule has 0 aromatic carbocycles. The Morgan fingerprint density at radius 2 is 1.94 bits per heavy atom. The first-order valence-corrected chi connectivity index (χ1v) is 6.98. The number of carbonyl (C=O) groups is 1. The average molecular weight is 257 g/mol. The van der Waals surface area contributed by atoms with Gasteiger partial charge in [-0.1, -0.05) is 19.3 Å². The van der Waals surface area contributed by atoms with Crippen LogP contribution >= 0.6 is 0 Å². The van der Waals surface area contributed by atoms with E-state index in [4.69, 9.17) is 4.74 Å². The molecular weight excluding hydrogens is 230 g/mol. The molecule has 0 unspecified atom stereocenters. The van der Waals surface area contributed by atoms with Crippen molar-refractivity contribution in [2.45, 2.75) is 52.0 Å². The number of hydrogen-bond acceptors (Lipinski definition) is 3. The van der Waals surface area contributed by atoms with Gasteiger partial charge in [0.15, 0.2) is 0 Å². The van der Waals surface area contributed by atoms with E-state index < -0.39 is 11.4 Å². The molecule has 0 saturated heterocycles. The quantitative estimate of drug-likeness (QED) is 0.760. The van der Waals surface area contributed by atoms with Gasteiger partial charge < -0.3 is 9.84 Å². The van der Waals surface area contributed by atoms with Crippen molar-refractivity contribution in [1.82, 2.24) is 4.90 Å². The molecule has 0 radical (unpaired) electrons. The number of rotatable bonds is 7. The summed E-state index contributed by atoms with van der Waals surface area (Å²) in [4.78, 5) is 13.9. The SMILES string of the molecule is COCCN(CC1(C(=O)O)CCCCC1)C(C)C. The Balaban J connectivity index is 2.70. The molecule has 1 fully saturated rings. The Morgan fingerprint density at radius 3 is 2.39 bits per heavy atom. The number of methoxy groups -OCH3 is 1. The molecule has 1 aliphatic carbocycles. The number of carboxylic acids is 1. The van der Waals surface area contributed by atoms with Crippen LogP contribution in [0, 0.1) is 5.41 Å². The van der Waals surface area contributed by atoms with Crippen LogP contribution in [0.1, 0.15) is 46.0 Å². The lowest BCUT2D eigenvalue weighted by molar-refractivity contribution is -0.153. The lowest BCUT2D eigenvalue weighted by Crippen LogP contribution is -2.47. The standard InChI is InChI=1S/C14H27NO3/c1-12(2)15(9-10-18-3)11-14(13(16)17)7-5-4-6-8-14/h12H,4-11H2,1-3H3,(H,16,17). The van der Waals surface area contributed by atoms with Gasteiger partial charge in [-0.05, 0) is 26.7 Å². The molecule has 18 heavy (non-hydrogen) atoms. The third-order valence-electron chi connectivity index (χ3n) is 4.08. The van der Waals surface area contributed by atoms with Gasteiger partial charge in [0.25, 0.3) is 0 Å². The summed E-state index contributed by atoms with van der Waals surface area (Å²) in [6.07, 6.45) is 4.90. The monoisotopic (exact) mass is 257 g/mol. The Bertz CT molecular complexity index is 260. The van der Waals surface area contributed by atoms with Crippen LogP contribution in [0.15, 0.2) is 0 Å². The van der Waals surface area contributed by atoms with Gasteiger partial charge in [0.05, 0.1) is 12.0 Å². The molecule has 0 bridgehead atoms. The summed E-state index contributed by atoms with van der Waals surface area (Å²) < 4.78 is 5.12. The van der Waals surface area contributed by atoms with E-state index in [9.17, 15) is 9.90 Å². The number of nitrogens with zero attached hydrogens (tertiary/aromatic N) is 1. The van der Waals surface area contributed by atoms with Crippen molar-refractivity contribution in [3.63, 3.8) is 0 Å². The molecule has 4 heteroatoms. The van der Waals surface area contributed by atoms with Crippen molar-refractivity contribution in [3.05, 3.63) is 0 Å². The summed E-state index contributed by atoms with van der Waals surface area (Å²) in [5, 5.41) is 9.59. The predicted molar refractivity (Wildman–Crippen MR) is 71.7 cm³/mol. The Hall–Kier alpha value is -0.610. The topological polar surface area (TPSA) is 49.8 Å². The van der Waals surface area contributed by atoms with Crippen LogP contribution in [0.4, 0.5) is 0 Å². The molecule has 1 rings (SSSR count). The normalized spacial score (nSPS) is 19.4. The van der Waals surface area contributed by atoms with Gasteiger partial charge in [-0.3, -0.25) is 9.69 Å². The second kappa shape index (κ2) is 7.10. The first kappa shape index (κ1) is 15.4. The highest BCUT2D eigenvalue weighted by molar-refractivity contribution is 5.75. The summed E-state index contributed by atoms with van der Waals surface area (Å²) in [7, 11) is 1.69. The summed E-state index contributed by atoms with van der Waals surface area (Å²) in [5.74, 6) is -0.620. The van der Waals surface area contributed by atoms with Gasteiger partial charge in [0, 0.05) is 26.2 Å². The Kier molecular flexibility index (Phi) is 6.09. The summed E-state index contributed by atoms with van der Waals surface area (Å²) in [5.41, 5.74) is -0.531. The molecule has 0 spiro atoms. The Morgan fingerprint density at radius 1 is 1.33 bits per heavy atom. The molecule has 1 saturated carbocycles. The van der Waals surface area contributed by atoms with E-state index in [0.29, 0.717) is 19.2 Å². The van der Waals surface area contributed by atoms with Gasteiger partial charge in [-0.2, -0.15) is 0 Å². The first-order chi connectivity index (χ1) is 8.52. The fourth-order valence-electron chi connectivity index (χ4n) is 2.79. The minimum atomic E-state index is -0.620. The van der Waals surface area contributed by atoms with E-state index in [0.717, 1.165) is 32.2 Å². The third-order valence-corrected chi connectivity index (χ3v) is 4.08. The minimum Gasteiger partial charge on any atom is -0.481 e. The van der Waals surface area contributed by atoms with Crippen molar-refractivity contribution >= 4 is 5.97 Å². The molecule has 4 nitrogen and oxygen atoms in total. The van der Waals surface area contributed by atoms with Crippen LogP contribution in [-0.2, 0) is 9.53 Å². The maximum absolute atomic E-state index is 11.7. The van der Waals surface area contributed by atoms with Crippen molar-refractivity contribution in [1.29, 1.82) is 0 Å². The number of hydrogen-bond donors (Lipinski definition) is 1. The Labute approximate surface area is 110 Å². The predicted octanol–water partition coefficient (Wildman–Crippen LogP) is 2.38. The maximum Gasteiger partial charge on any atom is 0.310 e. The van der Waals surface area contributed by atoms with Crippen LogP contribution in [0.3, 0.4) is 0 Å². The molecule has 1 aliphatic rings. The van der Waals surface area contributed by atoms with Crippen LogP contribution in [0.2, 0.25) is 0 Å². The van der Waals surface area contributed by atoms with Crippen molar-refractivity contribution in [2.24, 2.45) is 5.41 Å². The van der Waals surface area contributed by atoms with Gasteiger partial charge >= 0.3 is 5.97 Å². The molecule has 0 atom stereocenters. The molecule has 0 amide bonds. The first-order valence-electron chi connectivity index (χ1n) is 6.98. The molecule has 0 heterocycles. The number of carboxylic acid groups (broad SMARTS) is 1. The zero-order valence-corrected chi connectivity index (χ0v) is 11.9. The second-order valence-corrected chi connectivity index (χ2v) is 5.70. The fourth-order valence-corrected chi connectivity index (χ4v) is 2.79. The van der Waals surface area contributed by atoms with E-state index in [1.807, 2.05) is 0 Å². The summed E-state index contributed by atoms with van der Waals surface area (Å²) in [6, 6.07) is 0.360. The average Bonchev–Trinajstić information content (AvgIpc) is 2.35. The van der Waals surface area contributed by atoms with Crippen LogP contribution in [-0.4, -0.2) is 48.8 Å². The van der Waals surface area contributed by atoms with Crippen LogP contribution in [0.25, 0.3) is 0 Å². The van der Waals surface area contributed by atoms with E-state index in [-0.39, 0.29) is 0 Å².